The Morgan fingerprint density at radius 1 is 0.857 bits per heavy atom. The summed E-state index contributed by atoms with van der Waals surface area (Å²) in [5.41, 5.74) is 1.64. The van der Waals surface area contributed by atoms with E-state index in [0.717, 1.165) is 9.87 Å². The van der Waals surface area contributed by atoms with E-state index in [4.69, 9.17) is 32.7 Å². The molecule has 3 rings (SSSR count). The van der Waals surface area contributed by atoms with E-state index in [2.05, 4.69) is 5.32 Å². The molecule has 0 aliphatic heterocycles. The molecule has 0 radical (unpaired) electrons. The summed E-state index contributed by atoms with van der Waals surface area (Å²) in [4.78, 5) is 12.8. The van der Waals surface area contributed by atoms with E-state index in [1.807, 2.05) is 12.1 Å². The Morgan fingerprint density at radius 3 is 2.03 bits per heavy atom. The highest BCUT2D eigenvalue weighted by atomic mass is 35.5. The van der Waals surface area contributed by atoms with Crippen molar-refractivity contribution in [2.45, 2.75) is 17.9 Å². The SMILES string of the molecule is COc1ccc(CCNC(=O)CN(Cc2ccc(Cl)cc2)S(=O)(=O)c2ccc(Cl)cc2)cc1OC. The molecule has 35 heavy (non-hydrogen) atoms. The van der Waals surface area contributed by atoms with Crippen LogP contribution in [0.4, 0.5) is 0 Å². The van der Waals surface area contributed by atoms with Gasteiger partial charge in [0.25, 0.3) is 0 Å². The van der Waals surface area contributed by atoms with Crippen molar-refractivity contribution in [2.75, 3.05) is 27.3 Å². The fourth-order valence-corrected chi connectivity index (χ4v) is 5.01. The zero-order valence-corrected chi connectivity index (χ0v) is 21.7. The summed E-state index contributed by atoms with van der Waals surface area (Å²) in [5.74, 6) is 0.794. The Hall–Kier alpha value is -2.78. The monoisotopic (exact) mass is 536 g/mol. The second-order valence-electron chi connectivity index (χ2n) is 7.64. The number of carbonyl (C=O) groups is 1. The zero-order chi connectivity index (χ0) is 25.4. The van der Waals surface area contributed by atoms with Gasteiger partial charge in [-0.3, -0.25) is 4.79 Å². The Balaban J connectivity index is 1.71. The van der Waals surface area contributed by atoms with Gasteiger partial charge in [0.15, 0.2) is 11.5 Å². The molecule has 0 saturated carbocycles. The number of halogens is 2. The standard InChI is InChI=1S/C25H26Cl2N2O5S/c1-33-23-12-5-18(15-24(23)34-2)13-14-28-25(30)17-29(16-19-3-6-20(26)7-4-19)35(31,32)22-10-8-21(27)9-11-22/h3-12,15H,13-14,16-17H2,1-2H3,(H,28,30). The molecule has 1 amide bonds. The maximum absolute atomic E-state index is 13.3. The highest BCUT2D eigenvalue weighted by molar-refractivity contribution is 7.89. The van der Waals surface area contributed by atoms with Crippen molar-refractivity contribution in [3.63, 3.8) is 0 Å². The summed E-state index contributed by atoms with van der Waals surface area (Å²) in [6.45, 7) is -0.0190. The van der Waals surface area contributed by atoms with Crippen molar-refractivity contribution in [1.82, 2.24) is 9.62 Å². The molecule has 0 fully saturated rings. The first-order chi connectivity index (χ1) is 16.7. The minimum absolute atomic E-state index is 0.00519. The number of sulfonamides is 1. The van der Waals surface area contributed by atoms with Crippen molar-refractivity contribution in [2.24, 2.45) is 0 Å². The molecule has 3 aromatic carbocycles. The van der Waals surface area contributed by atoms with Crippen LogP contribution in [0.15, 0.2) is 71.6 Å². The highest BCUT2D eigenvalue weighted by Crippen LogP contribution is 2.27. The van der Waals surface area contributed by atoms with Crippen LogP contribution in [0.3, 0.4) is 0 Å². The molecule has 0 spiro atoms. The smallest absolute Gasteiger partial charge is 0.243 e. The van der Waals surface area contributed by atoms with Crippen LogP contribution in [0.2, 0.25) is 10.0 Å². The van der Waals surface area contributed by atoms with Crippen LogP contribution >= 0.6 is 23.2 Å². The maximum Gasteiger partial charge on any atom is 0.243 e. The first kappa shape index (κ1) is 26.8. The van der Waals surface area contributed by atoms with Gasteiger partial charge in [-0.15, -0.1) is 0 Å². The minimum atomic E-state index is -3.96. The van der Waals surface area contributed by atoms with E-state index >= 15 is 0 Å². The van der Waals surface area contributed by atoms with E-state index in [1.165, 1.54) is 24.3 Å². The molecular weight excluding hydrogens is 511 g/mol. The van der Waals surface area contributed by atoms with Crippen molar-refractivity contribution in [3.8, 4) is 11.5 Å². The molecule has 3 aromatic rings. The van der Waals surface area contributed by atoms with Crippen LogP contribution in [0.1, 0.15) is 11.1 Å². The fraction of sp³-hybridized carbons (Fsp3) is 0.240. The van der Waals surface area contributed by atoms with Crippen LogP contribution in [0.5, 0.6) is 11.5 Å². The van der Waals surface area contributed by atoms with Crippen LogP contribution in [0.25, 0.3) is 0 Å². The van der Waals surface area contributed by atoms with Gasteiger partial charge in [-0.25, -0.2) is 8.42 Å². The Labute approximate surface area is 215 Å². The van der Waals surface area contributed by atoms with E-state index in [9.17, 15) is 13.2 Å². The van der Waals surface area contributed by atoms with Crippen molar-refractivity contribution >= 4 is 39.1 Å². The number of amides is 1. The molecular formula is C25H26Cl2N2O5S. The first-order valence-corrected chi connectivity index (χ1v) is 12.9. The molecule has 0 aromatic heterocycles. The van der Waals surface area contributed by atoms with Crippen LogP contribution < -0.4 is 14.8 Å². The summed E-state index contributed by atoms with van der Waals surface area (Å²) >= 11 is 11.9. The summed E-state index contributed by atoms with van der Waals surface area (Å²) in [5, 5.41) is 3.75. The Kier molecular flexibility index (Phi) is 9.40. The largest absolute Gasteiger partial charge is 0.493 e. The van der Waals surface area contributed by atoms with Gasteiger partial charge in [0.05, 0.1) is 25.7 Å². The lowest BCUT2D eigenvalue weighted by Crippen LogP contribution is -2.40. The van der Waals surface area contributed by atoms with E-state index in [1.54, 1.807) is 44.6 Å². The first-order valence-electron chi connectivity index (χ1n) is 10.7. The number of carbonyl (C=O) groups excluding carboxylic acids is 1. The summed E-state index contributed by atoms with van der Waals surface area (Å²) in [7, 11) is -0.848. The second-order valence-corrected chi connectivity index (χ2v) is 10.5. The molecule has 7 nitrogen and oxygen atoms in total. The molecule has 0 unspecified atom stereocenters. The number of hydrogen-bond acceptors (Lipinski definition) is 5. The van der Waals surface area contributed by atoms with E-state index in [0.29, 0.717) is 40.1 Å². The molecule has 0 aliphatic carbocycles. The average molecular weight is 537 g/mol. The van der Waals surface area contributed by atoms with Gasteiger partial charge in [0, 0.05) is 23.1 Å². The van der Waals surface area contributed by atoms with Gasteiger partial charge in [-0.2, -0.15) is 4.31 Å². The lowest BCUT2D eigenvalue weighted by molar-refractivity contribution is -0.121. The quantitative estimate of drug-likeness (QED) is 0.388. The van der Waals surface area contributed by atoms with Crippen LogP contribution in [-0.4, -0.2) is 45.9 Å². The second kappa shape index (κ2) is 12.3. The number of methoxy groups -OCH3 is 2. The Bertz CT molecular complexity index is 1250. The Morgan fingerprint density at radius 2 is 1.43 bits per heavy atom. The number of hydrogen-bond donors (Lipinski definition) is 1. The maximum atomic E-state index is 13.3. The van der Waals surface area contributed by atoms with Gasteiger partial charge in [0.2, 0.25) is 15.9 Å². The number of benzene rings is 3. The van der Waals surface area contributed by atoms with Gasteiger partial charge in [-0.1, -0.05) is 41.4 Å². The molecule has 1 N–H and O–H groups in total. The highest BCUT2D eigenvalue weighted by Gasteiger charge is 2.27. The summed E-state index contributed by atoms with van der Waals surface area (Å²) < 4.78 is 38.3. The molecule has 0 atom stereocenters. The number of ether oxygens (including phenoxy) is 2. The predicted molar refractivity (Wildman–Crippen MR) is 137 cm³/mol. The van der Waals surface area contributed by atoms with Gasteiger partial charge in [0.1, 0.15) is 0 Å². The molecule has 0 aliphatic rings. The van der Waals surface area contributed by atoms with Gasteiger partial charge >= 0.3 is 0 Å². The number of nitrogens with zero attached hydrogens (tertiary/aromatic N) is 1. The fourth-order valence-electron chi connectivity index (χ4n) is 3.37. The van der Waals surface area contributed by atoms with Crippen LogP contribution in [0, 0.1) is 0 Å². The normalized spacial score (nSPS) is 11.3. The number of rotatable bonds is 11. The van der Waals surface area contributed by atoms with Crippen molar-refractivity contribution in [1.29, 1.82) is 0 Å². The van der Waals surface area contributed by atoms with Crippen molar-refractivity contribution < 1.29 is 22.7 Å². The summed E-state index contributed by atoms with van der Waals surface area (Å²) in [6, 6.07) is 18.1. The minimum Gasteiger partial charge on any atom is -0.493 e. The summed E-state index contributed by atoms with van der Waals surface area (Å²) in [6.07, 6.45) is 0.535. The molecule has 0 heterocycles. The van der Waals surface area contributed by atoms with E-state index in [-0.39, 0.29) is 18.0 Å². The third kappa shape index (κ3) is 7.35. The van der Waals surface area contributed by atoms with Crippen LogP contribution in [-0.2, 0) is 27.8 Å². The number of nitrogens with one attached hydrogen (secondary N) is 1. The lowest BCUT2D eigenvalue weighted by Gasteiger charge is -2.22. The van der Waals surface area contributed by atoms with E-state index < -0.39 is 15.9 Å². The predicted octanol–water partition coefficient (Wildman–Crippen LogP) is 4.56. The average Bonchev–Trinajstić information content (AvgIpc) is 2.85. The molecule has 10 heteroatoms. The topological polar surface area (TPSA) is 84.9 Å². The van der Waals surface area contributed by atoms with Crippen molar-refractivity contribution in [3.05, 3.63) is 87.9 Å². The molecule has 186 valence electrons. The zero-order valence-electron chi connectivity index (χ0n) is 19.3. The third-order valence-electron chi connectivity index (χ3n) is 5.23. The molecule has 0 saturated heterocycles. The van der Waals surface area contributed by atoms with Gasteiger partial charge in [-0.05, 0) is 66.1 Å². The third-order valence-corrected chi connectivity index (χ3v) is 7.54. The lowest BCUT2D eigenvalue weighted by atomic mass is 10.1. The molecule has 0 bridgehead atoms. The van der Waals surface area contributed by atoms with Gasteiger partial charge < -0.3 is 14.8 Å².